The lowest BCUT2D eigenvalue weighted by Gasteiger charge is -2.26. The summed E-state index contributed by atoms with van der Waals surface area (Å²) in [6.45, 7) is 16.0. The fraction of sp³-hybridized carbons (Fsp3) is 0.750. The summed E-state index contributed by atoms with van der Waals surface area (Å²) in [5.41, 5.74) is 3.69. The van der Waals surface area contributed by atoms with Gasteiger partial charge in [-0.25, -0.2) is 0 Å². The van der Waals surface area contributed by atoms with Crippen LogP contribution < -0.4 is 0 Å². The maximum Gasteiger partial charge on any atom is 0.0684 e. The average molecular weight is 172 g/mol. The highest BCUT2D eigenvalue weighted by Gasteiger charge is 2.25. The topological polar surface area (TPSA) is 0 Å². The van der Waals surface area contributed by atoms with Gasteiger partial charge in [-0.3, -0.25) is 0 Å². The molecule has 0 saturated heterocycles. The molecule has 0 aromatic rings. The van der Waals surface area contributed by atoms with Gasteiger partial charge >= 0.3 is 0 Å². The monoisotopic (exact) mass is 172 g/mol. The molecule has 0 nitrogen and oxygen atoms in total. The molecular weight excluding hydrogens is 152 g/mol. The van der Waals surface area contributed by atoms with E-state index in [2.05, 4.69) is 45.0 Å². The summed E-state index contributed by atoms with van der Waals surface area (Å²) in [6.07, 6.45) is 0. The molecule has 2 heteroatoms. The minimum absolute atomic E-state index is 0.823. The zero-order valence-corrected chi connectivity index (χ0v) is 9.99. The minimum Gasteiger partial charge on any atom is -0.107 e. The van der Waals surface area contributed by atoms with Crippen molar-refractivity contribution in [2.45, 2.75) is 38.4 Å². The second-order valence-corrected chi connectivity index (χ2v) is 15.9. The van der Waals surface area contributed by atoms with Gasteiger partial charge in [-0.2, -0.15) is 0 Å². The average Bonchev–Trinajstić information content (AvgIpc) is 1.60. The highest BCUT2D eigenvalue weighted by atomic mass is 28.4. The Hall–Kier alpha value is 0.174. The first-order chi connectivity index (χ1) is 4.27. The standard InChI is InChI=1S/C8H20Si2/c1-7-10(5,6)8-9(2,3)4/h7H,1,8H2,2-6H3. The van der Waals surface area contributed by atoms with Gasteiger partial charge in [-0.15, -0.1) is 12.3 Å². The van der Waals surface area contributed by atoms with Crippen LogP contribution in [0.2, 0.25) is 38.4 Å². The Balaban J connectivity index is 4.01. The Labute approximate surface area is 67.4 Å². The van der Waals surface area contributed by atoms with E-state index < -0.39 is 16.1 Å². The molecule has 0 radical (unpaired) electrons. The largest absolute Gasteiger partial charge is 0.107 e. The van der Waals surface area contributed by atoms with Crippen molar-refractivity contribution in [1.29, 1.82) is 0 Å². The van der Waals surface area contributed by atoms with Crippen molar-refractivity contribution in [2.75, 3.05) is 0 Å². The Bertz CT molecular complexity index is 120. The first-order valence-corrected chi connectivity index (χ1v) is 10.9. The fourth-order valence-electron chi connectivity index (χ4n) is 1.44. The molecule has 0 rings (SSSR count). The number of hydrogen-bond acceptors (Lipinski definition) is 0. The van der Waals surface area contributed by atoms with E-state index >= 15 is 0 Å². The van der Waals surface area contributed by atoms with Crippen molar-refractivity contribution in [3.63, 3.8) is 0 Å². The van der Waals surface area contributed by atoms with E-state index in [1.807, 2.05) is 0 Å². The van der Waals surface area contributed by atoms with Crippen molar-refractivity contribution in [3.05, 3.63) is 12.3 Å². The van der Waals surface area contributed by atoms with Crippen LogP contribution in [0.25, 0.3) is 0 Å². The van der Waals surface area contributed by atoms with Crippen molar-refractivity contribution in [1.82, 2.24) is 0 Å². The Morgan fingerprint density at radius 3 is 1.60 bits per heavy atom. The van der Waals surface area contributed by atoms with E-state index in [1.165, 1.54) is 5.67 Å². The van der Waals surface area contributed by atoms with Gasteiger partial charge in [0.15, 0.2) is 0 Å². The Morgan fingerprint density at radius 2 is 1.50 bits per heavy atom. The van der Waals surface area contributed by atoms with Gasteiger partial charge in [0, 0.05) is 8.07 Å². The van der Waals surface area contributed by atoms with Crippen molar-refractivity contribution in [2.24, 2.45) is 0 Å². The van der Waals surface area contributed by atoms with Crippen molar-refractivity contribution >= 4 is 16.1 Å². The summed E-state index contributed by atoms with van der Waals surface area (Å²) in [5, 5.41) is 0. The van der Waals surface area contributed by atoms with Crippen LogP contribution in [0.4, 0.5) is 0 Å². The quantitative estimate of drug-likeness (QED) is 0.573. The van der Waals surface area contributed by atoms with Crippen LogP contribution in [0.3, 0.4) is 0 Å². The van der Waals surface area contributed by atoms with E-state index in [4.69, 9.17) is 0 Å². The molecule has 60 valence electrons. The summed E-state index contributed by atoms with van der Waals surface area (Å²) in [7, 11) is -1.81. The van der Waals surface area contributed by atoms with Crippen LogP contribution in [-0.4, -0.2) is 16.1 Å². The van der Waals surface area contributed by atoms with Crippen LogP contribution in [-0.2, 0) is 0 Å². The highest BCUT2D eigenvalue weighted by molar-refractivity contribution is 6.97. The predicted octanol–water partition coefficient (Wildman–Crippen LogP) is 3.30. The molecule has 10 heavy (non-hydrogen) atoms. The van der Waals surface area contributed by atoms with E-state index in [1.54, 1.807) is 0 Å². The second kappa shape index (κ2) is 3.05. The van der Waals surface area contributed by atoms with Gasteiger partial charge in [0.2, 0.25) is 0 Å². The van der Waals surface area contributed by atoms with Crippen LogP contribution in [0.1, 0.15) is 0 Å². The van der Waals surface area contributed by atoms with Crippen LogP contribution in [0, 0.1) is 0 Å². The van der Waals surface area contributed by atoms with Crippen molar-refractivity contribution in [3.8, 4) is 0 Å². The SMILES string of the molecule is C=C[Si](C)(C)C[Si](C)(C)C. The summed E-state index contributed by atoms with van der Waals surface area (Å²) in [6, 6.07) is 0. The number of rotatable bonds is 3. The fourth-order valence-corrected chi connectivity index (χ4v) is 13.0. The molecule has 0 unspecified atom stereocenters. The van der Waals surface area contributed by atoms with Gasteiger partial charge in [0.05, 0.1) is 8.07 Å². The molecule has 0 saturated carbocycles. The van der Waals surface area contributed by atoms with E-state index in [0.717, 1.165) is 0 Å². The van der Waals surface area contributed by atoms with Gasteiger partial charge in [0.1, 0.15) is 0 Å². The van der Waals surface area contributed by atoms with Gasteiger partial charge in [-0.05, 0) is 0 Å². The van der Waals surface area contributed by atoms with Crippen molar-refractivity contribution < 1.29 is 0 Å². The van der Waals surface area contributed by atoms with Gasteiger partial charge in [0.25, 0.3) is 0 Å². The van der Waals surface area contributed by atoms with Gasteiger partial charge < -0.3 is 0 Å². The summed E-state index contributed by atoms with van der Waals surface area (Å²) in [5.74, 6) is 0. The molecule has 0 aromatic heterocycles. The van der Waals surface area contributed by atoms with E-state index in [9.17, 15) is 0 Å². The third kappa shape index (κ3) is 5.00. The molecular formula is C8H20Si2. The van der Waals surface area contributed by atoms with Crippen LogP contribution >= 0.6 is 0 Å². The molecule has 0 aliphatic rings. The number of hydrogen-bond donors (Lipinski definition) is 0. The molecule has 0 fully saturated rings. The third-order valence-electron chi connectivity index (χ3n) is 1.54. The minimum atomic E-state index is -0.987. The first kappa shape index (κ1) is 10.2. The first-order valence-electron chi connectivity index (χ1n) is 3.90. The molecule has 0 aliphatic heterocycles. The molecule has 0 amide bonds. The van der Waals surface area contributed by atoms with Gasteiger partial charge in [-0.1, -0.05) is 38.4 Å². The second-order valence-electron chi connectivity index (χ2n) is 4.93. The summed E-state index contributed by atoms with van der Waals surface area (Å²) in [4.78, 5) is 0. The maximum absolute atomic E-state index is 3.90. The highest BCUT2D eigenvalue weighted by Crippen LogP contribution is 2.19. The normalized spacial score (nSPS) is 13.3. The lowest BCUT2D eigenvalue weighted by molar-refractivity contribution is 1.54. The molecule has 0 N–H and O–H groups in total. The van der Waals surface area contributed by atoms with E-state index in [0.29, 0.717) is 0 Å². The zero-order valence-electron chi connectivity index (χ0n) is 7.99. The molecule has 0 aromatic carbocycles. The maximum atomic E-state index is 3.90. The molecule has 0 spiro atoms. The predicted molar refractivity (Wildman–Crippen MR) is 55.8 cm³/mol. The third-order valence-corrected chi connectivity index (χ3v) is 10.5. The Morgan fingerprint density at radius 1 is 1.10 bits per heavy atom. The van der Waals surface area contributed by atoms with Crippen LogP contribution in [0.5, 0.6) is 0 Å². The smallest absolute Gasteiger partial charge is 0.0684 e. The summed E-state index contributed by atoms with van der Waals surface area (Å²) < 4.78 is 0. The molecule has 0 atom stereocenters. The molecule has 0 bridgehead atoms. The zero-order chi connectivity index (χ0) is 8.41. The summed E-state index contributed by atoms with van der Waals surface area (Å²) >= 11 is 0. The molecule has 0 heterocycles. The van der Waals surface area contributed by atoms with E-state index in [-0.39, 0.29) is 0 Å². The van der Waals surface area contributed by atoms with Crippen LogP contribution in [0.15, 0.2) is 12.3 Å². The lowest BCUT2D eigenvalue weighted by atomic mass is 11.3. The lowest BCUT2D eigenvalue weighted by Crippen LogP contribution is -2.35. The Kier molecular flexibility index (Phi) is 3.10. The molecule has 0 aliphatic carbocycles.